The number of carboxylic acids is 1. The van der Waals surface area contributed by atoms with Gasteiger partial charge in [-0.1, -0.05) is 5.16 Å². The fourth-order valence-electron chi connectivity index (χ4n) is 0.912. The highest BCUT2D eigenvalue weighted by atomic mass is 16.5. The topological polar surface area (TPSA) is 134 Å². The van der Waals surface area contributed by atoms with Crippen LogP contribution < -0.4 is 10.6 Å². The molecular weight excluding hydrogens is 244 g/mol. The molecule has 0 saturated carbocycles. The highest BCUT2D eigenvalue weighted by Gasteiger charge is 2.07. The highest BCUT2D eigenvalue weighted by molar-refractivity contribution is 6.02. The van der Waals surface area contributed by atoms with Gasteiger partial charge in [0.15, 0.2) is 5.82 Å². The predicted octanol–water partition coefficient (Wildman–Crippen LogP) is -0.655. The molecule has 9 heteroatoms. The molecule has 0 aliphatic carbocycles. The number of hydrogen-bond donors (Lipinski definition) is 3. The van der Waals surface area contributed by atoms with E-state index in [9.17, 15) is 14.4 Å². The number of imide groups is 1. The molecule has 9 nitrogen and oxygen atoms in total. The number of aliphatic carboxylic acids is 1. The monoisotopic (exact) mass is 254 g/mol. The van der Waals surface area contributed by atoms with E-state index in [1.54, 1.807) is 6.92 Å². The Morgan fingerprint density at radius 2 is 2.11 bits per heavy atom. The van der Waals surface area contributed by atoms with E-state index in [1.165, 1.54) is 0 Å². The van der Waals surface area contributed by atoms with Crippen molar-refractivity contribution in [1.29, 1.82) is 0 Å². The molecule has 0 aromatic carbocycles. The zero-order chi connectivity index (χ0) is 13.5. The van der Waals surface area contributed by atoms with Crippen molar-refractivity contribution in [2.24, 2.45) is 0 Å². The molecule has 96 valence electrons. The Bertz CT molecular complexity index is 493. The van der Waals surface area contributed by atoms with Gasteiger partial charge >= 0.3 is 12.0 Å². The lowest BCUT2D eigenvalue weighted by Crippen LogP contribution is -2.38. The molecule has 0 saturated heterocycles. The molecule has 18 heavy (non-hydrogen) atoms. The maximum absolute atomic E-state index is 11.2. The van der Waals surface area contributed by atoms with Crippen molar-refractivity contribution in [3.63, 3.8) is 0 Å². The van der Waals surface area contributed by atoms with Gasteiger partial charge in [-0.3, -0.25) is 10.1 Å². The van der Waals surface area contributed by atoms with E-state index in [0.29, 0.717) is 11.9 Å². The van der Waals surface area contributed by atoms with E-state index in [2.05, 4.69) is 15.5 Å². The number of carbonyl (C=O) groups excluding carboxylic acids is 2. The molecule has 0 bridgehead atoms. The molecule has 3 N–H and O–H groups in total. The summed E-state index contributed by atoms with van der Waals surface area (Å²) in [6.07, 6.45) is 1.34. The van der Waals surface area contributed by atoms with Gasteiger partial charge in [0.1, 0.15) is 0 Å². The van der Waals surface area contributed by atoms with Gasteiger partial charge in [-0.05, 0) is 6.92 Å². The van der Waals surface area contributed by atoms with Crippen LogP contribution in [0.25, 0.3) is 0 Å². The van der Waals surface area contributed by atoms with Crippen molar-refractivity contribution in [1.82, 2.24) is 20.8 Å². The summed E-state index contributed by atoms with van der Waals surface area (Å²) in [5.74, 6) is -1.52. The fourth-order valence-corrected chi connectivity index (χ4v) is 0.912. The van der Waals surface area contributed by atoms with Gasteiger partial charge in [-0.25, -0.2) is 9.59 Å². The number of aromatic nitrogens is 2. The second-order valence-electron chi connectivity index (χ2n) is 3.08. The van der Waals surface area contributed by atoms with Crippen LogP contribution >= 0.6 is 0 Å². The van der Waals surface area contributed by atoms with Crippen molar-refractivity contribution in [3.8, 4) is 0 Å². The van der Waals surface area contributed by atoms with Gasteiger partial charge in [0.25, 0.3) is 5.91 Å². The third-order valence-electron chi connectivity index (χ3n) is 1.58. The summed E-state index contributed by atoms with van der Waals surface area (Å²) < 4.78 is 4.72. The summed E-state index contributed by atoms with van der Waals surface area (Å²) in [6, 6.07) is -0.800. The summed E-state index contributed by atoms with van der Waals surface area (Å²) in [5.41, 5.74) is 0. The standard InChI is InChI=1S/C9H10N4O5/c1-5-11-7(18-13-5)4-10-9(17)12-6(14)2-3-8(15)16/h2-3H,4H2,1H3,(H,15,16)(H2,10,12,14,17). The van der Waals surface area contributed by atoms with Gasteiger partial charge < -0.3 is 14.9 Å². The molecule has 0 fully saturated rings. The van der Waals surface area contributed by atoms with E-state index in [0.717, 1.165) is 6.08 Å². The van der Waals surface area contributed by atoms with Crippen LogP contribution in [0.3, 0.4) is 0 Å². The normalized spacial score (nSPS) is 10.3. The molecule has 1 rings (SSSR count). The Labute approximate surface area is 101 Å². The van der Waals surface area contributed by atoms with E-state index >= 15 is 0 Å². The zero-order valence-corrected chi connectivity index (χ0v) is 9.34. The maximum Gasteiger partial charge on any atom is 0.328 e. The van der Waals surface area contributed by atoms with Crippen LogP contribution in [0.1, 0.15) is 11.7 Å². The number of nitrogens with zero attached hydrogens (tertiary/aromatic N) is 2. The first-order valence-electron chi connectivity index (χ1n) is 4.76. The summed E-state index contributed by atoms with van der Waals surface area (Å²) in [6.45, 7) is 1.58. The minimum atomic E-state index is -1.29. The Morgan fingerprint density at radius 1 is 1.39 bits per heavy atom. The van der Waals surface area contributed by atoms with Crippen LogP contribution in [0.5, 0.6) is 0 Å². The van der Waals surface area contributed by atoms with Crippen LogP contribution in [0.2, 0.25) is 0 Å². The van der Waals surface area contributed by atoms with Gasteiger partial charge in [0, 0.05) is 12.2 Å². The Kier molecular flexibility index (Phi) is 4.55. The van der Waals surface area contributed by atoms with E-state index < -0.39 is 17.9 Å². The number of rotatable bonds is 4. The number of aryl methyl sites for hydroxylation is 1. The molecular formula is C9H10N4O5. The number of carboxylic acid groups (broad SMARTS) is 1. The number of hydrogen-bond acceptors (Lipinski definition) is 6. The Hall–Kier alpha value is -2.71. The fraction of sp³-hybridized carbons (Fsp3) is 0.222. The number of amides is 3. The Morgan fingerprint density at radius 3 is 2.67 bits per heavy atom. The van der Waals surface area contributed by atoms with Gasteiger partial charge in [0.2, 0.25) is 5.89 Å². The van der Waals surface area contributed by atoms with Gasteiger partial charge in [-0.2, -0.15) is 4.98 Å². The average Bonchev–Trinajstić information content (AvgIpc) is 2.70. The number of urea groups is 1. The van der Waals surface area contributed by atoms with Crippen molar-refractivity contribution in [2.45, 2.75) is 13.5 Å². The molecule has 3 amide bonds. The van der Waals surface area contributed by atoms with Crippen molar-refractivity contribution >= 4 is 17.9 Å². The summed E-state index contributed by atoms with van der Waals surface area (Å²) in [4.78, 5) is 36.1. The zero-order valence-electron chi connectivity index (χ0n) is 9.34. The summed E-state index contributed by atoms with van der Waals surface area (Å²) in [7, 11) is 0. The van der Waals surface area contributed by atoms with Crippen molar-refractivity contribution < 1.29 is 24.0 Å². The average molecular weight is 254 g/mol. The predicted molar refractivity (Wildman–Crippen MR) is 56.2 cm³/mol. The van der Waals surface area contributed by atoms with Crippen LogP contribution in [0.4, 0.5) is 4.79 Å². The molecule has 0 radical (unpaired) electrons. The molecule has 1 aromatic heterocycles. The molecule has 0 atom stereocenters. The molecule has 1 heterocycles. The number of carbonyl (C=O) groups is 3. The lowest BCUT2D eigenvalue weighted by molar-refractivity contribution is -0.131. The minimum Gasteiger partial charge on any atom is -0.478 e. The Balaban J connectivity index is 2.33. The second kappa shape index (κ2) is 6.13. The smallest absolute Gasteiger partial charge is 0.328 e. The largest absolute Gasteiger partial charge is 0.478 e. The second-order valence-corrected chi connectivity index (χ2v) is 3.08. The molecule has 0 unspecified atom stereocenters. The summed E-state index contributed by atoms with van der Waals surface area (Å²) in [5, 5.41) is 15.9. The first-order valence-corrected chi connectivity index (χ1v) is 4.76. The lowest BCUT2D eigenvalue weighted by atomic mass is 10.5. The van der Waals surface area contributed by atoms with Crippen LogP contribution in [-0.2, 0) is 16.1 Å². The van der Waals surface area contributed by atoms with Crippen molar-refractivity contribution in [2.75, 3.05) is 0 Å². The first kappa shape index (κ1) is 13.4. The van der Waals surface area contributed by atoms with Gasteiger partial charge in [-0.15, -0.1) is 0 Å². The molecule has 0 spiro atoms. The van der Waals surface area contributed by atoms with E-state index in [1.807, 2.05) is 5.32 Å². The first-order chi connectivity index (χ1) is 8.47. The lowest BCUT2D eigenvalue weighted by Gasteiger charge is -2.01. The third kappa shape index (κ3) is 4.88. The molecule has 1 aromatic rings. The SMILES string of the molecule is Cc1noc(CNC(=O)NC(=O)C=CC(=O)O)n1. The summed E-state index contributed by atoms with van der Waals surface area (Å²) >= 11 is 0. The number of nitrogens with one attached hydrogen (secondary N) is 2. The van der Waals surface area contributed by atoms with Gasteiger partial charge in [0.05, 0.1) is 6.54 Å². The minimum absolute atomic E-state index is 0.0391. The quantitative estimate of drug-likeness (QED) is 0.607. The maximum atomic E-state index is 11.2. The molecule has 0 aliphatic rings. The van der Waals surface area contributed by atoms with Crippen molar-refractivity contribution in [3.05, 3.63) is 23.9 Å². The van der Waals surface area contributed by atoms with Crippen LogP contribution in [0, 0.1) is 6.92 Å². The van der Waals surface area contributed by atoms with E-state index in [-0.39, 0.29) is 12.4 Å². The van der Waals surface area contributed by atoms with E-state index in [4.69, 9.17) is 9.63 Å². The highest BCUT2D eigenvalue weighted by Crippen LogP contribution is 1.94. The van der Waals surface area contributed by atoms with Crippen LogP contribution in [0.15, 0.2) is 16.7 Å². The molecule has 0 aliphatic heterocycles. The van der Waals surface area contributed by atoms with Crippen LogP contribution in [-0.4, -0.2) is 33.2 Å². The third-order valence-corrected chi connectivity index (χ3v) is 1.58.